The third-order valence-corrected chi connectivity index (χ3v) is 5.14. The molecule has 10 heteroatoms. The van der Waals surface area contributed by atoms with Gasteiger partial charge in [0.15, 0.2) is 5.84 Å². The number of aliphatic carboxylic acids is 1. The average Bonchev–Trinajstić information content (AvgIpc) is 3.14. The van der Waals surface area contributed by atoms with Crippen molar-refractivity contribution in [1.82, 2.24) is 10.2 Å². The summed E-state index contributed by atoms with van der Waals surface area (Å²) in [5, 5.41) is 16.2. The maximum atomic E-state index is 12.2. The summed E-state index contributed by atoms with van der Waals surface area (Å²) in [7, 11) is 1.33. The van der Waals surface area contributed by atoms with Crippen molar-refractivity contribution in [3.05, 3.63) is 52.2 Å². The van der Waals surface area contributed by atoms with Crippen LogP contribution < -0.4 is 10.6 Å². The molecule has 1 aromatic heterocycles. The second-order valence-corrected chi connectivity index (χ2v) is 7.12. The summed E-state index contributed by atoms with van der Waals surface area (Å²) >= 11 is 1.17. The van der Waals surface area contributed by atoms with Crippen LogP contribution in [0, 0.1) is 0 Å². The van der Waals surface area contributed by atoms with Crippen LogP contribution in [0.2, 0.25) is 0 Å². The Morgan fingerprint density at radius 3 is 2.62 bits per heavy atom. The van der Waals surface area contributed by atoms with Gasteiger partial charge < -0.3 is 15.7 Å². The maximum absolute atomic E-state index is 12.2. The Balaban J connectivity index is 1.70. The van der Waals surface area contributed by atoms with Gasteiger partial charge in [0.05, 0.1) is 10.6 Å². The molecule has 0 aliphatic carbocycles. The van der Waals surface area contributed by atoms with Crippen molar-refractivity contribution in [3.8, 4) is 0 Å². The summed E-state index contributed by atoms with van der Waals surface area (Å²) in [5.74, 6) is -3.54. The van der Waals surface area contributed by atoms with Gasteiger partial charge in [0.25, 0.3) is 11.7 Å². The van der Waals surface area contributed by atoms with Crippen molar-refractivity contribution in [2.24, 2.45) is 4.99 Å². The van der Waals surface area contributed by atoms with Gasteiger partial charge in [-0.1, -0.05) is 30.3 Å². The molecule has 29 heavy (non-hydrogen) atoms. The zero-order valence-corrected chi connectivity index (χ0v) is 16.2. The fourth-order valence-electron chi connectivity index (χ4n) is 2.74. The highest BCUT2D eigenvalue weighted by Crippen LogP contribution is 2.26. The van der Waals surface area contributed by atoms with Gasteiger partial charge in [0.1, 0.15) is 0 Å². The van der Waals surface area contributed by atoms with Crippen molar-refractivity contribution >= 4 is 46.6 Å². The minimum absolute atomic E-state index is 0.0246. The van der Waals surface area contributed by atoms with Gasteiger partial charge in [-0.2, -0.15) is 0 Å². The lowest BCUT2D eigenvalue weighted by atomic mass is 10.1. The van der Waals surface area contributed by atoms with E-state index < -0.39 is 29.7 Å². The lowest BCUT2D eigenvalue weighted by Crippen LogP contribution is -2.50. The summed E-state index contributed by atoms with van der Waals surface area (Å²) in [6, 6.07) is 9.06. The van der Waals surface area contributed by atoms with Crippen molar-refractivity contribution in [3.63, 3.8) is 0 Å². The number of carbonyl (C=O) groups is 4. The predicted molar refractivity (Wildman–Crippen MR) is 107 cm³/mol. The van der Waals surface area contributed by atoms with E-state index in [1.54, 1.807) is 11.4 Å². The molecule has 3 amide bonds. The summed E-state index contributed by atoms with van der Waals surface area (Å²) in [6.07, 6.45) is 0.664. The largest absolute Gasteiger partial charge is 0.479 e. The Morgan fingerprint density at radius 1 is 1.21 bits per heavy atom. The first-order valence-corrected chi connectivity index (χ1v) is 9.55. The molecule has 3 rings (SSSR count). The van der Waals surface area contributed by atoms with Crippen LogP contribution in [0.3, 0.4) is 0 Å². The monoisotopic (exact) mass is 414 g/mol. The highest BCUT2D eigenvalue weighted by atomic mass is 32.1. The van der Waals surface area contributed by atoms with Crippen LogP contribution in [0.25, 0.3) is 0 Å². The molecule has 3 N–H and O–H groups in total. The highest BCUT2D eigenvalue weighted by Gasteiger charge is 2.40. The number of hydrogen-bond donors (Lipinski definition) is 3. The second-order valence-electron chi connectivity index (χ2n) is 6.20. The van der Waals surface area contributed by atoms with Crippen LogP contribution in [-0.4, -0.2) is 59.2 Å². The SMILES string of the molecule is CN1C(=O)C(=O)C(C(=O)O)N=C1c1sccc1NC(=O)NCCc1ccccc1. The Hall–Kier alpha value is -3.53. The molecule has 0 radical (unpaired) electrons. The lowest BCUT2D eigenvalue weighted by Gasteiger charge is -2.25. The number of nitrogens with zero attached hydrogens (tertiary/aromatic N) is 2. The molecular formula is C19H18N4O5S. The Kier molecular flexibility index (Phi) is 6.03. The number of urea groups is 1. The van der Waals surface area contributed by atoms with Gasteiger partial charge in [-0.3, -0.25) is 14.5 Å². The van der Waals surface area contributed by atoms with Crippen LogP contribution in [0.1, 0.15) is 10.4 Å². The van der Waals surface area contributed by atoms with Crippen LogP contribution in [-0.2, 0) is 20.8 Å². The minimum atomic E-state index is -1.79. The number of amidine groups is 1. The predicted octanol–water partition coefficient (Wildman–Crippen LogP) is 1.35. The van der Waals surface area contributed by atoms with Gasteiger partial charge in [-0.15, -0.1) is 11.3 Å². The van der Waals surface area contributed by atoms with Crippen molar-refractivity contribution < 1.29 is 24.3 Å². The fourth-order valence-corrected chi connectivity index (χ4v) is 3.62. The number of amides is 3. The van der Waals surface area contributed by atoms with E-state index in [4.69, 9.17) is 5.11 Å². The summed E-state index contributed by atoms with van der Waals surface area (Å²) in [6.45, 7) is 0.421. The van der Waals surface area contributed by atoms with Crippen LogP contribution in [0.5, 0.6) is 0 Å². The third kappa shape index (κ3) is 4.49. The Labute approximate surface area is 170 Å². The van der Waals surface area contributed by atoms with E-state index in [-0.39, 0.29) is 5.84 Å². The normalized spacial score (nSPS) is 16.4. The molecule has 0 spiro atoms. The molecular weight excluding hydrogens is 396 g/mol. The van der Waals surface area contributed by atoms with E-state index >= 15 is 0 Å². The minimum Gasteiger partial charge on any atom is -0.479 e. The molecule has 0 bridgehead atoms. The number of nitrogens with one attached hydrogen (secondary N) is 2. The number of anilines is 1. The second kappa shape index (κ2) is 8.65. The maximum Gasteiger partial charge on any atom is 0.336 e. The van der Waals surface area contributed by atoms with Crippen molar-refractivity contribution in [2.45, 2.75) is 12.5 Å². The zero-order chi connectivity index (χ0) is 21.0. The first-order chi connectivity index (χ1) is 13.9. The molecule has 9 nitrogen and oxygen atoms in total. The Bertz CT molecular complexity index is 985. The molecule has 1 aliphatic rings. The quantitative estimate of drug-likeness (QED) is 0.486. The van der Waals surface area contributed by atoms with Gasteiger partial charge in [-0.05, 0) is 23.4 Å². The van der Waals surface area contributed by atoms with Crippen LogP contribution >= 0.6 is 11.3 Å². The van der Waals surface area contributed by atoms with E-state index in [2.05, 4.69) is 15.6 Å². The van der Waals surface area contributed by atoms with Gasteiger partial charge >= 0.3 is 12.0 Å². The highest BCUT2D eigenvalue weighted by molar-refractivity contribution is 7.12. The number of likely N-dealkylation sites (N-methyl/N-ethyl adjacent to an activating group) is 1. The number of carboxylic acid groups (broad SMARTS) is 1. The number of carbonyl (C=O) groups excluding carboxylic acids is 3. The number of aliphatic imine (C=N–C) groups is 1. The third-order valence-electron chi connectivity index (χ3n) is 4.23. The van der Waals surface area contributed by atoms with Gasteiger partial charge in [0.2, 0.25) is 6.04 Å². The van der Waals surface area contributed by atoms with E-state index in [1.807, 2.05) is 30.3 Å². The van der Waals surface area contributed by atoms with Gasteiger partial charge in [-0.25, -0.2) is 14.6 Å². The molecule has 0 saturated carbocycles. The number of thiophene rings is 1. The van der Waals surface area contributed by atoms with Gasteiger partial charge in [0, 0.05) is 13.6 Å². The summed E-state index contributed by atoms with van der Waals surface area (Å²) in [4.78, 5) is 52.7. The van der Waals surface area contributed by atoms with Crippen LogP contribution in [0.4, 0.5) is 10.5 Å². The number of hydrogen-bond acceptors (Lipinski definition) is 6. The van der Waals surface area contributed by atoms with E-state index in [1.165, 1.54) is 18.4 Å². The molecule has 1 aliphatic heterocycles. The van der Waals surface area contributed by atoms with E-state index in [9.17, 15) is 19.2 Å². The van der Waals surface area contributed by atoms with E-state index in [0.29, 0.717) is 23.5 Å². The average molecular weight is 414 g/mol. The summed E-state index contributed by atoms with van der Waals surface area (Å²) < 4.78 is 0. The number of carboxylic acids is 1. The topological polar surface area (TPSA) is 128 Å². The molecule has 1 aromatic carbocycles. The van der Waals surface area contributed by atoms with Crippen molar-refractivity contribution in [1.29, 1.82) is 0 Å². The van der Waals surface area contributed by atoms with Crippen LogP contribution in [0.15, 0.2) is 46.8 Å². The smallest absolute Gasteiger partial charge is 0.336 e. The first kappa shape index (κ1) is 20.2. The molecule has 0 saturated heterocycles. The fraction of sp³-hybridized carbons (Fsp3) is 0.211. The molecule has 1 atom stereocenters. The summed E-state index contributed by atoms with van der Waals surface area (Å²) in [5.41, 5.74) is 1.45. The Morgan fingerprint density at radius 2 is 1.93 bits per heavy atom. The first-order valence-electron chi connectivity index (χ1n) is 8.67. The molecule has 0 fully saturated rings. The lowest BCUT2D eigenvalue weighted by molar-refractivity contribution is -0.149. The number of rotatable bonds is 6. The molecule has 2 aromatic rings. The molecule has 150 valence electrons. The molecule has 2 heterocycles. The number of ketones is 1. The number of benzene rings is 1. The zero-order valence-electron chi connectivity index (χ0n) is 15.4. The standard InChI is InChI=1S/C19H18N4O5S/c1-23-16(22-13(18(26)27)14(24)17(23)25)15-12(8-10-29-15)21-19(28)20-9-7-11-5-3-2-4-6-11/h2-6,8,10,13H,7,9H2,1H3,(H,26,27)(H2,20,21,28). The van der Waals surface area contributed by atoms with Crippen molar-refractivity contribution in [2.75, 3.05) is 18.9 Å². The number of Topliss-reactive ketones (excluding diaryl/α,β-unsaturated/α-hetero) is 1. The van der Waals surface area contributed by atoms with E-state index in [0.717, 1.165) is 10.5 Å². The molecule has 1 unspecified atom stereocenters.